The van der Waals surface area contributed by atoms with Crippen LogP contribution in [0.25, 0.3) is 0 Å². The largest absolute Gasteiger partial charge is 0.347 e. The lowest BCUT2D eigenvalue weighted by molar-refractivity contribution is -0.144. The van der Waals surface area contributed by atoms with Crippen molar-refractivity contribution in [2.75, 3.05) is 20.6 Å². The van der Waals surface area contributed by atoms with Crippen LogP contribution >= 0.6 is 0 Å². The first-order valence-electron chi connectivity index (χ1n) is 6.79. The average Bonchev–Trinajstić information content (AvgIpc) is 2.95. The normalized spacial score (nSPS) is 31.7. The fourth-order valence-electron chi connectivity index (χ4n) is 3.09. The Morgan fingerprint density at radius 1 is 1.17 bits per heavy atom. The van der Waals surface area contributed by atoms with Crippen LogP contribution in [0.4, 0.5) is 0 Å². The maximum Gasteiger partial charge on any atom is 0.244 e. The smallest absolute Gasteiger partial charge is 0.244 e. The summed E-state index contributed by atoms with van der Waals surface area (Å²) in [5.74, 6) is 0.0608. The summed E-state index contributed by atoms with van der Waals surface area (Å²) < 4.78 is 0. The number of likely N-dealkylation sites (tertiary alicyclic amines) is 1. The topological polar surface area (TPSA) is 66.6 Å². The van der Waals surface area contributed by atoms with Gasteiger partial charge in [0.05, 0.1) is 5.92 Å². The van der Waals surface area contributed by atoms with E-state index in [4.69, 9.17) is 5.73 Å². The van der Waals surface area contributed by atoms with Crippen LogP contribution in [-0.4, -0.2) is 54.3 Å². The zero-order valence-electron chi connectivity index (χ0n) is 11.3. The molecule has 1 aliphatic heterocycles. The van der Waals surface area contributed by atoms with Crippen LogP contribution in [0.1, 0.15) is 32.1 Å². The van der Waals surface area contributed by atoms with Gasteiger partial charge in [-0.05, 0) is 25.7 Å². The van der Waals surface area contributed by atoms with Crippen molar-refractivity contribution in [3.63, 3.8) is 0 Å². The van der Waals surface area contributed by atoms with Crippen LogP contribution in [0, 0.1) is 5.92 Å². The summed E-state index contributed by atoms with van der Waals surface area (Å²) >= 11 is 0. The molecule has 102 valence electrons. The van der Waals surface area contributed by atoms with Gasteiger partial charge >= 0.3 is 0 Å². The van der Waals surface area contributed by atoms with E-state index in [0.717, 1.165) is 32.1 Å². The summed E-state index contributed by atoms with van der Waals surface area (Å²) in [6.45, 7) is 0.701. The van der Waals surface area contributed by atoms with Gasteiger partial charge in [0.15, 0.2) is 0 Å². The highest BCUT2D eigenvalue weighted by Crippen LogP contribution is 2.29. The summed E-state index contributed by atoms with van der Waals surface area (Å²) in [5, 5.41) is 0. The summed E-state index contributed by atoms with van der Waals surface area (Å²) in [6, 6.07) is -0.284. The van der Waals surface area contributed by atoms with Gasteiger partial charge in [-0.2, -0.15) is 0 Å². The Bertz CT molecular complexity index is 343. The second-order valence-corrected chi connectivity index (χ2v) is 5.62. The quantitative estimate of drug-likeness (QED) is 0.764. The number of carbonyl (C=O) groups excluding carboxylic acids is 2. The molecule has 18 heavy (non-hydrogen) atoms. The van der Waals surface area contributed by atoms with Crippen molar-refractivity contribution in [1.82, 2.24) is 9.80 Å². The Kier molecular flexibility index (Phi) is 3.90. The first kappa shape index (κ1) is 13.3. The molecule has 0 spiro atoms. The summed E-state index contributed by atoms with van der Waals surface area (Å²) in [6.07, 6.45) is 4.52. The van der Waals surface area contributed by atoms with Gasteiger partial charge in [-0.1, -0.05) is 6.42 Å². The standard InChI is InChI=1S/C13H23N3O2/c1-15(2)13(18)11-7-4-8-16(11)12(17)9-5-3-6-10(9)14/h9-11H,3-8,14H2,1-2H3. The second kappa shape index (κ2) is 5.26. The summed E-state index contributed by atoms with van der Waals surface area (Å²) in [5.41, 5.74) is 5.99. The van der Waals surface area contributed by atoms with Gasteiger partial charge in [-0.3, -0.25) is 9.59 Å². The number of amides is 2. The minimum Gasteiger partial charge on any atom is -0.347 e. The minimum atomic E-state index is -0.264. The van der Waals surface area contributed by atoms with Crippen molar-refractivity contribution in [3.8, 4) is 0 Å². The van der Waals surface area contributed by atoms with Crippen LogP contribution in [0.5, 0.6) is 0 Å². The molecule has 0 radical (unpaired) electrons. The molecular formula is C13H23N3O2. The Morgan fingerprint density at radius 2 is 1.89 bits per heavy atom. The SMILES string of the molecule is CN(C)C(=O)C1CCCN1C(=O)C1CCCC1N. The Morgan fingerprint density at radius 3 is 2.44 bits per heavy atom. The first-order chi connectivity index (χ1) is 8.52. The number of nitrogens with zero attached hydrogens (tertiary/aromatic N) is 2. The molecule has 2 amide bonds. The minimum absolute atomic E-state index is 0.0202. The average molecular weight is 253 g/mol. The third-order valence-corrected chi connectivity index (χ3v) is 4.15. The van der Waals surface area contributed by atoms with Crippen molar-refractivity contribution in [2.45, 2.75) is 44.2 Å². The molecule has 1 aliphatic carbocycles. The van der Waals surface area contributed by atoms with E-state index in [0.29, 0.717) is 6.54 Å². The van der Waals surface area contributed by atoms with Crippen molar-refractivity contribution < 1.29 is 9.59 Å². The molecule has 0 aromatic rings. The summed E-state index contributed by atoms with van der Waals surface area (Å²) in [7, 11) is 3.48. The van der Waals surface area contributed by atoms with E-state index in [2.05, 4.69) is 0 Å². The molecule has 0 bridgehead atoms. The fourth-order valence-corrected chi connectivity index (χ4v) is 3.09. The van der Waals surface area contributed by atoms with Crippen molar-refractivity contribution in [1.29, 1.82) is 0 Å². The molecule has 5 heteroatoms. The molecule has 3 atom stereocenters. The Labute approximate surface area is 108 Å². The predicted octanol–water partition coefficient (Wildman–Crippen LogP) is 0.193. The van der Waals surface area contributed by atoms with Gasteiger partial charge in [0, 0.05) is 26.7 Å². The van der Waals surface area contributed by atoms with E-state index in [1.165, 1.54) is 0 Å². The van der Waals surface area contributed by atoms with E-state index >= 15 is 0 Å². The highest BCUT2D eigenvalue weighted by Gasteiger charge is 2.40. The van der Waals surface area contributed by atoms with E-state index in [1.807, 2.05) is 0 Å². The molecule has 2 rings (SSSR count). The van der Waals surface area contributed by atoms with E-state index in [1.54, 1.807) is 23.9 Å². The van der Waals surface area contributed by atoms with E-state index in [9.17, 15) is 9.59 Å². The lowest BCUT2D eigenvalue weighted by Crippen LogP contribution is -2.49. The van der Waals surface area contributed by atoms with Crippen molar-refractivity contribution >= 4 is 11.8 Å². The van der Waals surface area contributed by atoms with E-state index in [-0.39, 0.29) is 29.8 Å². The molecule has 1 saturated carbocycles. The highest BCUT2D eigenvalue weighted by molar-refractivity contribution is 5.89. The number of rotatable bonds is 2. The summed E-state index contributed by atoms with van der Waals surface area (Å²) in [4.78, 5) is 27.9. The van der Waals surface area contributed by atoms with Gasteiger partial charge in [0.25, 0.3) is 0 Å². The molecule has 0 aromatic carbocycles. The van der Waals surface area contributed by atoms with Crippen LogP contribution < -0.4 is 5.73 Å². The predicted molar refractivity (Wildman–Crippen MR) is 68.7 cm³/mol. The molecule has 5 nitrogen and oxygen atoms in total. The van der Waals surface area contributed by atoms with Gasteiger partial charge in [0.2, 0.25) is 11.8 Å². The van der Waals surface area contributed by atoms with Gasteiger partial charge < -0.3 is 15.5 Å². The third kappa shape index (κ3) is 2.36. The zero-order chi connectivity index (χ0) is 13.3. The maximum absolute atomic E-state index is 12.5. The molecule has 1 saturated heterocycles. The highest BCUT2D eigenvalue weighted by atomic mass is 16.2. The van der Waals surface area contributed by atoms with Crippen molar-refractivity contribution in [2.24, 2.45) is 11.7 Å². The molecule has 2 fully saturated rings. The number of carbonyl (C=O) groups is 2. The Hall–Kier alpha value is -1.10. The van der Waals surface area contributed by atoms with E-state index < -0.39 is 0 Å². The van der Waals surface area contributed by atoms with Gasteiger partial charge in [-0.15, -0.1) is 0 Å². The zero-order valence-corrected chi connectivity index (χ0v) is 11.3. The first-order valence-corrected chi connectivity index (χ1v) is 6.79. The molecule has 0 aromatic heterocycles. The van der Waals surface area contributed by atoms with Crippen LogP contribution in [0.3, 0.4) is 0 Å². The van der Waals surface area contributed by atoms with Crippen molar-refractivity contribution in [3.05, 3.63) is 0 Å². The maximum atomic E-state index is 12.5. The van der Waals surface area contributed by atoms with Gasteiger partial charge in [-0.25, -0.2) is 0 Å². The third-order valence-electron chi connectivity index (χ3n) is 4.15. The molecule has 1 heterocycles. The van der Waals surface area contributed by atoms with Gasteiger partial charge in [0.1, 0.15) is 6.04 Å². The van der Waals surface area contributed by atoms with Crippen LogP contribution in [0.15, 0.2) is 0 Å². The van der Waals surface area contributed by atoms with Crippen LogP contribution in [-0.2, 0) is 9.59 Å². The molecule has 2 N–H and O–H groups in total. The second-order valence-electron chi connectivity index (χ2n) is 5.62. The monoisotopic (exact) mass is 253 g/mol. The molecule has 3 unspecified atom stereocenters. The lowest BCUT2D eigenvalue weighted by atomic mass is 10.0. The number of nitrogens with two attached hydrogens (primary N) is 1. The Balaban J connectivity index is 2.07. The number of hydrogen-bond acceptors (Lipinski definition) is 3. The lowest BCUT2D eigenvalue weighted by Gasteiger charge is -2.29. The molecular weight excluding hydrogens is 230 g/mol. The fraction of sp³-hybridized carbons (Fsp3) is 0.846. The number of hydrogen-bond donors (Lipinski definition) is 1. The molecule has 2 aliphatic rings. The van der Waals surface area contributed by atoms with Crippen LogP contribution in [0.2, 0.25) is 0 Å². The number of likely N-dealkylation sites (N-methyl/N-ethyl adjacent to an activating group) is 1.